The number of halogens is 2. The molecule has 0 amide bonds. The molecule has 0 saturated heterocycles. The van der Waals surface area contributed by atoms with Gasteiger partial charge in [0.05, 0.1) is 5.69 Å². The first-order chi connectivity index (χ1) is 7.63. The molecular weight excluding hydrogens is 289 g/mol. The van der Waals surface area contributed by atoms with E-state index in [-0.39, 0.29) is 0 Å². The smallest absolute Gasteiger partial charge is 0.141 e. The summed E-state index contributed by atoms with van der Waals surface area (Å²) in [7, 11) is 1.88. The van der Waals surface area contributed by atoms with E-state index in [0.29, 0.717) is 11.7 Å². The molecule has 0 aliphatic rings. The molecule has 2 aromatic rings. The van der Waals surface area contributed by atoms with Crippen molar-refractivity contribution in [1.29, 1.82) is 0 Å². The van der Waals surface area contributed by atoms with Gasteiger partial charge >= 0.3 is 0 Å². The monoisotopic (exact) mass is 299 g/mol. The van der Waals surface area contributed by atoms with Crippen LogP contribution in [0.25, 0.3) is 11.4 Å². The van der Waals surface area contributed by atoms with Crippen LogP contribution in [0.2, 0.25) is 5.15 Å². The Kier molecular flexibility index (Phi) is 3.33. The van der Waals surface area contributed by atoms with Gasteiger partial charge in [-0.15, -0.1) is 0 Å². The largest absolute Gasteiger partial charge is 0.325 e. The van der Waals surface area contributed by atoms with Gasteiger partial charge < -0.3 is 10.3 Å². The van der Waals surface area contributed by atoms with E-state index in [1.807, 2.05) is 35.9 Å². The molecule has 0 fully saturated rings. The van der Waals surface area contributed by atoms with Crippen molar-refractivity contribution in [2.75, 3.05) is 0 Å². The molecule has 0 saturated carbocycles. The number of rotatable bonds is 2. The van der Waals surface area contributed by atoms with Crippen LogP contribution < -0.4 is 5.73 Å². The summed E-state index contributed by atoms with van der Waals surface area (Å²) >= 11 is 9.54. The van der Waals surface area contributed by atoms with E-state index in [2.05, 4.69) is 20.9 Å². The van der Waals surface area contributed by atoms with Crippen molar-refractivity contribution >= 4 is 27.5 Å². The molecule has 16 heavy (non-hydrogen) atoms. The second kappa shape index (κ2) is 4.57. The van der Waals surface area contributed by atoms with Crippen molar-refractivity contribution in [3.8, 4) is 11.4 Å². The maximum Gasteiger partial charge on any atom is 0.141 e. The zero-order chi connectivity index (χ0) is 11.7. The van der Waals surface area contributed by atoms with Gasteiger partial charge in [-0.25, -0.2) is 4.98 Å². The molecule has 0 unspecified atom stereocenters. The van der Waals surface area contributed by atoms with E-state index in [0.717, 1.165) is 21.6 Å². The highest BCUT2D eigenvalue weighted by atomic mass is 79.9. The molecule has 0 bridgehead atoms. The van der Waals surface area contributed by atoms with Crippen LogP contribution in [0.4, 0.5) is 0 Å². The molecule has 0 aliphatic heterocycles. The summed E-state index contributed by atoms with van der Waals surface area (Å²) in [6.45, 7) is 0.348. The molecule has 1 aromatic carbocycles. The summed E-state index contributed by atoms with van der Waals surface area (Å²) in [5, 5.41) is 0.595. The van der Waals surface area contributed by atoms with Crippen LogP contribution in [0.15, 0.2) is 28.7 Å². The van der Waals surface area contributed by atoms with E-state index in [1.165, 1.54) is 0 Å². The molecule has 0 aliphatic carbocycles. The third kappa shape index (κ3) is 2.00. The van der Waals surface area contributed by atoms with Crippen molar-refractivity contribution in [2.24, 2.45) is 12.8 Å². The number of nitrogens with zero attached hydrogens (tertiary/aromatic N) is 2. The van der Waals surface area contributed by atoms with E-state index in [1.54, 1.807) is 0 Å². The highest BCUT2D eigenvalue weighted by molar-refractivity contribution is 9.10. The lowest BCUT2D eigenvalue weighted by molar-refractivity contribution is 0.922. The number of nitrogens with two attached hydrogens (primary N) is 1. The number of hydrogen-bond acceptors (Lipinski definition) is 2. The Bertz CT molecular complexity index is 522. The quantitative estimate of drug-likeness (QED) is 0.926. The van der Waals surface area contributed by atoms with Gasteiger partial charge in [-0.2, -0.15) is 0 Å². The maximum atomic E-state index is 6.11. The first kappa shape index (κ1) is 11.6. The molecule has 0 radical (unpaired) electrons. The van der Waals surface area contributed by atoms with Crippen LogP contribution in [0.5, 0.6) is 0 Å². The Hall–Kier alpha value is -0.840. The van der Waals surface area contributed by atoms with Crippen molar-refractivity contribution in [2.45, 2.75) is 6.54 Å². The number of benzene rings is 1. The highest BCUT2D eigenvalue weighted by Crippen LogP contribution is 2.26. The first-order valence-corrected chi connectivity index (χ1v) is 5.97. The topological polar surface area (TPSA) is 43.8 Å². The predicted molar refractivity (Wildman–Crippen MR) is 69.2 cm³/mol. The van der Waals surface area contributed by atoms with Gasteiger partial charge in [-0.05, 0) is 12.1 Å². The summed E-state index contributed by atoms with van der Waals surface area (Å²) in [4.78, 5) is 4.42. The fraction of sp³-hybridized carbons (Fsp3) is 0.182. The molecule has 1 aromatic heterocycles. The van der Waals surface area contributed by atoms with Crippen LogP contribution in [-0.2, 0) is 13.6 Å². The molecular formula is C11H11BrClN3. The minimum Gasteiger partial charge on any atom is -0.325 e. The van der Waals surface area contributed by atoms with E-state index in [9.17, 15) is 0 Å². The Labute approximate surface area is 107 Å². The van der Waals surface area contributed by atoms with Crippen LogP contribution in [0, 0.1) is 0 Å². The van der Waals surface area contributed by atoms with Crippen molar-refractivity contribution in [1.82, 2.24) is 9.55 Å². The lowest BCUT2D eigenvalue weighted by Gasteiger charge is -2.02. The number of imidazole rings is 1. The molecule has 3 nitrogen and oxygen atoms in total. The first-order valence-electron chi connectivity index (χ1n) is 4.80. The van der Waals surface area contributed by atoms with Gasteiger partial charge in [-0.1, -0.05) is 39.7 Å². The third-order valence-corrected chi connectivity index (χ3v) is 3.33. The van der Waals surface area contributed by atoms with Crippen LogP contribution in [-0.4, -0.2) is 9.55 Å². The SMILES string of the molecule is Cn1c(-c2cccc(Br)c2)nc(CN)c1Cl. The molecule has 0 atom stereocenters. The standard InChI is InChI=1S/C11H11BrClN3/c1-16-10(13)9(6-14)15-11(16)7-3-2-4-8(12)5-7/h2-5H,6,14H2,1H3. The van der Waals surface area contributed by atoms with Gasteiger partial charge in [0.15, 0.2) is 0 Å². The van der Waals surface area contributed by atoms with E-state index >= 15 is 0 Å². The summed E-state index contributed by atoms with van der Waals surface area (Å²) in [6.07, 6.45) is 0. The molecule has 5 heteroatoms. The summed E-state index contributed by atoms with van der Waals surface area (Å²) < 4.78 is 2.85. The predicted octanol–water partition coefficient (Wildman–Crippen LogP) is 2.96. The average molecular weight is 301 g/mol. The summed E-state index contributed by atoms with van der Waals surface area (Å²) in [5.41, 5.74) is 7.31. The Balaban J connectivity index is 2.56. The van der Waals surface area contributed by atoms with Crippen molar-refractivity contribution in [3.05, 3.63) is 39.6 Å². The van der Waals surface area contributed by atoms with Crippen LogP contribution >= 0.6 is 27.5 Å². The van der Waals surface area contributed by atoms with Gasteiger partial charge in [0, 0.05) is 23.6 Å². The van der Waals surface area contributed by atoms with Crippen molar-refractivity contribution in [3.63, 3.8) is 0 Å². The molecule has 84 valence electrons. The normalized spacial score (nSPS) is 10.8. The van der Waals surface area contributed by atoms with E-state index < -0.39 is 0 Å². The number of aromatic nitrogens is 2. The second-order valence-corrected chi connectivity index (χ2v) is 4.72. The zero-order valence-electron chi connectivity index (χ0n) is 8.74. The molecule has 1 heterocycles. The number of hydrogen-bond donors (Lipinski definition) is 1. The average Bonchev–Trinajstić information content (AvgIpc) is 2.56. The van der Waals surface area contributed by atoms with Gasteiger partial charge in [0.1, 0.15) is 11.0 Å². The summed E-state index contributed by atoms with van der Waals surface area (Å²) in [6, 6.07) is 7.92. The van der Waals surface area contributed by atoms with Gasteiger partial charge in [0.2, 0.25) is 0 Å². The Morgan fingerprint density at radius 3 is 2.81 bits per heavy atom. The maximum absolute atomic E-state index is 6.11. The fourth-order valence-electron chi connectivity index (χ4n) is 1.55. The van der Waals surface area contributed by atoms with Gasteiger partial charge in [0.25, 0.3) is 0 Å². The highest BCUT2D eigenvalue weighted by Gasteiger charge is 2.12. The zero-order valence-corrected chi connectivity index (χ0v) is 11.1. The van der Waals surface area contributed by atoms with Crippen LogP contribution in [0.3, 0.4) is 0 Å². The fourth-order valence-corrected chi connectivity index (χ4v) is 2.15. The lowest BCUT2D eigenvalue weighted by Crippen LogP contribution is -1.97. The molecule has 2 rings (SSSR count). The van der Waals surface area contributed by atoms with Gasteiger partial charge in [-0.3, -0.25) is 0 Å². The lowest BCUT2D eigenvalue weighted by atomic mass is 10.2. The molecule has 2 N–H and O–H groups in total. The molecule has 0 spiro atoms. The van der Waals surface area contributed by atoms with E-state index in [4.69, 9.17) is 17.3 Å². The Morgan fingerprint density at radius 2 is 2.25 bits per heavy atom. The minimum absolute atomic E-state index is 0.348. The minimum atomic E-state index is 0.348. The third-order valence-electron chi connectivity index (χ3n) is 2.37. The second-order valence-electron chi connectivity index (χ2n) is 3.45. The summed E-state index contributed by atoms with van der Waals surface area (Å²) in [5.74, 6) is 0.826. The van der Waals surface area contributed by atoms with Crippen LogP contribution in [0.1, 0.15) is 5.69 Å². The Morgan fingerprint density at radius 1 is 1.50 bits per heavy atom. The van der Waals surface area contributed by atoms with Crippen molar-refractivity contribution < 1.29 is 0 Å².